The van der Waals surface area contributed by atoms with Gasteiger partial charge in [0.2, 0.25) is 0 Å². The van der Waals surface area contributed by atoms with Crippen LogP contribution in [0.4, 0.5) is 5.69 Å². The summed E-state index contributed by atoms with van der Waals surface area (Å²) in [6.07, 6.45) is 6.29. The van der Waals surface area contributed by atoms with E-state index >= 15 is 0 Å². The summed E-state index contributed by atoms with van der Waals surface area (Å²) >= 11 is 1.72. The van der Waals surface area contributed by atoms with Crippen LogP contribution in [0.25, 0.3) is 60.7 Å². The number of aromatic amines is 2. The number of nitrogens with one attached hydrogen (secondary N) is 3. The molecule has 0 aliphatic rings. The van der Waals surface area contributed by atoms with Gasteiger partial charge in [-0.25, -0.2) is 4.98 Å². The van der Waals surface area contributed by atoms with Gasteiger partial charge in [0, 0.05) is 38.2 Å². The van der Waals surface area contributed by atoms with E-state index in [1.54, 1.807) is 23.7 Å². The lowest BCUT2D eigenvalue weighted by Gasteiger charge is -2.20. The lowest BCUT2D eigenvalue weighted by molar-refractivity contribution is 0.411. The SMILES string of the molecule is C=C(CC(C)(C)C)Nc1cncc(-c2cc3c(-c4nc5c(-c6ccc(C(=C)C)s6)cccc5[nH]4)n[nH]c3cn2)c1. The van der Waals surface area contributed by atoms with E-state index in [4.69, 9.17) is 4.98 Å². The molecule has 40 heavy (non-hydrogen) atoms. The predicted molar refractivity (Wildman–Crippen MR) is 167 cm³/mol. The number of aromatic nitrogens is 6. The quantitative estimate of drug-likeness (QED) is 0.186. The fraction of sp³-hybridized carbons (Fsp3) is 0.188. The number of rotatable bonds is 7. The van der Waals surface area contributed by atoms with Crippen LogP contribution in [0.5, 0.6) is 0 Å². The molecule has 7 nitrogen and oxygen atoms in total. The fourth-order valence-corrected chi connectivity index (χ4v) is 5.81. The van der Waals surface area contributed by atoms with Crippen LogP contribution in [0.3, 0.4) is 0 Å². The van der Waals surface area contributed by atoms with Gasteiger partial charge in [-0.2, -0.15) is 5.10 Å². The van der Waals surface area contributed by atoms with Crippen molar-refractivity contribution in [3.63, 3.8) is 0 Å². The van der Waals surface area contributed by atoms with Crippen molar-refractivity contribution in [2.45, 2.75) is 34.1 Å². The van der Waals surface area contributed by atoms with Crippen molar-refractivity contribution >= 4 is 44.5 Å². The van der Waals surface area contributed by atoms with Gasteiger partial charge in [0.1, 0.15) is 5.69 Å². The fourth-order valence-electron chi connectivity index (χ4n) is 4.85. The van der Waals surface area contributed by atoms with Gasteiger partial charge in [-0.3, -0.25) is 15.1 Å². The van der Waals surface area contributed by atoms with Crippen LogP contribution in [-0.4, -0.2) is 30.1 Å². The second kappa shape index (κ2) is 9.88. The highest BCUT2D eigenvalue weighted by molar-refractivity contribution is 7.16. The molecule has 0 atom stereocenters. The largest absolute Gasteiger partial charge is 0.358 e. The molecular formula is C32H31N7S. The van der Waals surface area contributed by atoms with Gasteiger partial charge in [-0.05, 0) is 54.7 Å². The van der Waals surface area contributed by atoms with Crippen molar-refractivity contribution in [1.82, 2.24) is 30.1 Å². The Labute approximate surface area is 237 Å². The number of pyridine rings is 2. The zero-order chi connectivity index (χ0) is 28.0. The number of imidazole rings is 1. The highest BCUT2D eigenvalue weighted by Crippen LogP contribution is 2.37. The first-order chi connectivity index (χ1) is 19.1. The zero-order valence-electron chi connectivity index (χ0n) is 23.1. The topological polar surface area (TPSA) is 95.2 Å². The Kier molecular flexibility index (Phi) is 6.35. The van der Waals surface area contributed by atoms with Crippen molar-refractivity contribution in [3.05, 3.63) is 84.8 Å². The molecule has 6 rings (SSSR count). The summed E-state index contributed by atoms with van der Waals surface area (Å²) in [6.45, 7) is 16.9. The Bertz CT molecular complexity index is 1900. The lowest BCUT2D eigenvalue weighted by atomic mass is 9.91. The van der Waals surface area contributed by atoms with Crippen LogP contribution in [0.1, 0.15) is 39.0 Å². The smallest absolute Gasteiger partial charge is 0.159 e. The molecule has 0 amide bonds. The summed E-state index contributed by atoms with van der Waals surface area (Å²) in [5.41, 5.74) is 9.29. The van der Waals surface area contributed by atoms with E-state index in [1.165, 1.54) is 4.88 Å². The molecule has 0 saturated carbocycles. The monoisotopic (exact) mass is 545 g/mol. The number of hydrogen-bond acceptors (Lipinski definition) is 6. The summed E-state index contributed by atoms with van der Waals surface area (Å²) < 4.78 is 0. The minimum atomic E-state index is 0.147. The summed E-state index contributed by atoms with van der Waals surface area (Å²) in [6, 6.07) is 14.5. The Balaban J connectivity index is 1.36. The van der Waals surface area contributed by atoms with Crippen molar-refractivity contribution in [2.75, 3.05) is 5.32 Å². The van der Waals surface area contributed by atoms with Crippen LogP contribution in [-0.2, 0) is 0 Å². The van der Waals surface area contributed by atoms with E-state index < -0.39 is 0 Å². The third-order valence-corrected chi connectivity index (χ3v) is 7.86. The Morgan fingerprint density at radius 1 is 1.02 bits per heavy atom. The molecule has 200 valence electrons. The third-order valence-electron chi connectivity index (χ3n) is 6.58. The summed E-state index contributed by atoms with van der Waals surface area (Å²) in [5, 5.41) is 12.0. The molecular weight excluding hydrogens is 514 g/mol. The van der Waals surface area contributed by atoms with E-state index in [1.807, 2.05) is 31.3 Å². The molecule has 0 bridgehead atoms. The van der Waals surface area contributed by atoms with Crippen LogP contribution in [0, 0.1) is 5.41 Å². The number of fused-ring (bicyclic) bond motifs is 2. The second-order valence-electron chi connectivity index (χ2n) is 11.3. The van der Waals surface area contributed by atoms with Crippen molar-refractivity contribution in [1.29, 1.82) is 0 Å². The molecule has 0 aliphatic heterocycles. The van der Waals surface area contributed by atoms with Gasteiger partial charge < -0.3 is 10.3 Å². The van der Waals surface area contributed by atoms with Crippen LogP contribution in [0.2, 0.25) is 0 Å². The van der Waals surface area contributed by atoms with Gasteiger partial charge in [-0.1, -0.05) is 46.1 Å². The zero-order valence-corrected chi connectivity index (χ0v) is 23.9. The highest BCUT2D eigenvalue weighted by atomic mass is 32.1. The van der Waals surface area contributed by atoms with E-state index in [0.29, 0.717) is 5.82 Å². The maximum absolute atomic E-state index is 5.01. The minimum Gasteiger partial charge on any atom is -0.358 e. The van der Waals surface area contributed by atoms with E-state index in [-0.39, 0.29) is 5.41 Å². The molecule has 1 aromatic carbocycles. The second-order valence-corrected chi connectivity index (χ2v) is 12.4. The number of thiophene rings is 1. The Morgan fingerprint density at radius 2 is 1.88 bits per heavy atom. The van der Waals surface area contributed by atoms with E-state index in [0.717, 1.165) is 72.7 Å². The van der Waals surface area contributed by atoms with Gasteiger partial charge in [0.15, 0.2) is 5.82 Å². The van der Waals surface area contributed by atoms with E-state index in [9.17, 15) is 0 Å². The maximum atomic E-state index is 5.01. The third kappa shape index (κ3) is 5.05. The average molecular weight is 546 g/mol. The van der Waals surface area contributed by atoms with Gasteiger partial charge >= 0.3 is 0 Å². The first kappa shape index (κ1) is 25.7. The van der Waals surface area contributed by atoms with Crippen molar-refractivity contribution in [2.24, 2.45) is 5.41 Å². The number of hydrogen-bond donors (Lipinski definition) is 3. The molecule has 0 fully saturated rings. The molecule has 0 unspecified atom stereocenters. The van der Waals surface area contributed by atoms with Crippen molar-refractivity contribution in [3.8, 4) is 33.2 Å². The highest BCUT2D eigenvalue weighted by Gasteiger charge is 2.17. The summed E-state index contributed by atoms with van der Waals surface area (Å²) in [5.74, 6) is 0.703. The first-order valence-corrected chi connectivity index (χ1v) is 14.0. The Morgan fingerprint density at radius 3 is 2.65 bits per heavy atom. The molecule has 5 heterocycles. The first-order valence-electron chi connectivity index (χ1n) is 13.1. The molecule has 0 saturated heterocycles. The summed E-state index contributed by atoms with van der Waals surface area (Å²) in [7, 11) is 0. The number of H-pyrrole nitrogens is 2. The molecule has 0 aliphatic carbocycles. The maximum Gasteiger partial charge on any atom is 0.159 e. The number of para-hydroxylation sites is 1. The van der Waals surface area contributed by atoms with Crippen molar-refractivity contribution < 1.29 is 0 Å². The normalized spacial score (nSPS) is 11.8. The number of anilines is 1. The molecule has 0 radical (unpaired) electrons. The number of benzene rings is 1. The van der Waals surface area contributed by atoms with Gasteiger partial charge in [0.05, 0.1) is 40.3 Å². The Hall–Kier alpha value is -4.56. The molecule has 0 spiro atoms. The molecule has 5 aromatic heterocycles. The summed E-state index contributed by atoms with van der Waals surface area (Å²) in [4.78, 5) is 19.9. The average Bonchev–Trinajstić information content (AvgIpc) is 3.65. The van der Waals surface area contributed by atoms with Gasteiger partial charge in [-0.15, -0.1) is 11.3 Å². The van der Waals surface area contributed by atoms with Gasteiger partial charge in [0.25, 0.3) is 0 Å². The van der Waals surface area contributed by atoms with Crippen LogP contribution < -0.4 is 5.32 Å². The molecule has 8 heteroatoms. The molecule has 6 aromatic rings. The van der Waals surface area contributed by atoms with E-state index in [2.05, 4.69) is 88.7 Å². The standard InChI is InChI=1S/C32H31N7S/c1-18(2)27-10-11-28(40-27)22-8-7-9-24-29(22)37-31(36-24)30-23-13-25(34-17-26(23)38-39-30)20-12-21(16-33-15-20)35-19(3)14-32(4,5)6/h7-13,15-17,35H,1,3,14H2,2,4-6H3,(H,36,37)(H,38,39). The van der Waals surface area contributed by atoms with Crippen LogP contribution >= 0.6 is 11.3 Å². The van der Waals surface area contributed by atoms with Crippen LogP contribution in [0.15, 0.2) is 79.9 Å². The number of nitrogens with zero attached hydrogens (tertiary/aromatic N) is 4. The molecule has 3 N–H and O–H groups in total. The lowest BCUT2D eigenvalue weighted by Crippen LogP contribution is -2.10. The minimum absolute atomic E-state index is 0.147. The number of allylic oxidation sites excluding steroid dienone is 2. The predicted octanol–water partition coefficient (Wildman–Crippen LogP) is 8.69.